The van der Waals surface area contributed by atoms with Gasteiger partial charge in [0.25, 0.3) is 0 Å². The molecule has 0 heterocycles. The zero-order chi connectivity index (χ0) is 13.8. The second-order valence-electron chi connectivity index (χ2n) is 4.37. The van der Waals surface area contributed by atoms with Gasteiger partial charge in [0.1, 0.15) is 6.10 Å². The Labute approximate surface area is 108 Å². The molecule has 0 aliphatic rings. The highest BCUT2D eigenvalue weighted by molar-refractivity contribution is 5.33. The number of aliphatic hydroxyl groups is 1. The summed E-state index contributed by atoms with van der Waals surface area (Å²) in [5, 5.41) is 10.4. The number of rotatable bonds is 6. The highest BCUT2D eigenvalue weighted by Crippen LogP contribution is 2.35. The van der Waals surface area contributed by atoms with Gasteiger partial charge in [0, 0.05) is 12.2 Å². The molecule has 1 aromatic carbocycles. The lowest BCUT2D eigenvalue weighted by Gasteiger charge is -2.33. The van der Waals surface area contributed by atoms with Crippen molar-refractivity contribution in [3.63, 3.8) is 0 Å². The molecule has 0 aliphatic carbocycles. The summed E-state index contributed by atoms with van der Waals surface area (Å²) in [5.74, 6) is -0.409. The van der Waals surface area contributed by atoms with Crippen LogP contribution in [0.5, 0.6) is 5.75 Å². The van der Waals surface area contributed by atoms with Crippen molar-refractivity contribution >= 4 is 0 Å². The van der Waals surface area contributed by atoms with Crippen LogP contribution >= 0.6 is 0 Å². The van der Waals surface area contributed by atoms with Gasteiger partial charge in [-0.15, -0.1) is 0 Å². The third kappa shape index (κ3) is 2.82. The minimum atomic E-state index is -1.03. The number of hydrogen-bond donors (Lipinski definition) is 1. The van der Waals surface area contributed by atoms with Crippen LogP contribution in [0.3, 0.4) is 0 Å². The summed E-state index contributed by atoms with van der Waals surface area (Å²) in [7, 11) is 1.40. The predicted octanol–water partition coefficient (Wildman–Crippen LogP) is 3.07. The number of ether oxygens (including phenoxy) is 2. The minimum Gasteiger partial charge on any atom is -0.494 e. The summed E-state index contributed by atoms with van der Waals surface area (Å²) < 4.78 is 24.6. The number of methoxy groups -OCH3 is 1. The van der Waals surface area contributed by atoms with Gasteiger partial charge in [0.2, 0.25) is 0 Å². The fraction of sp³-hybridized carbons (Fsp3) is 0.571. The number of halogens is 1. The Hall–Kier alpha value is -1.13. The van der Waals surface area contributed by atoms with E-state index in [1.54, 1.807) is 19.1 Å². The van der Waals surface area contributed by atoms with Crippen molar-refractivity contribution in [1.29, 1.82) is 0 Å². The van der Waals surface area contributed by atoms with Crippen LogP contribution in [0.1, 0.15) is 38.9 Å². The van der Waals surface area contributed by atoms with Crippen molar-refractivity contribution in [2.24, 2.45) is 0 Å². The average Bonchev–Trinajstić information content (AvgIpc) is 2.38. The summed E-state index contributed by atoms with van der Waals surface area (Å²) in [5.41, 5.74) is -0.603. The van der Waals surface area contributed by atoms with Crippen LogP contribution in [0, 0.1) is 5.82 Å². The highest BCUT2D eigenvalue weighted by Gasteiger charge is 2.35. The minimum absolute atomic E-state index is 0.126. The Morgan fingerprint density at radius 2 is 2.06 bits per heavy atom. The van der Waals surface area contributed by atoms with E-state index >= 15 is 0 Å². The molecular weight excluding hydrogens is 235 g/mol. The van der Waals surface area contributed by atoms with Crippen LogP contribution in [0.25, 0.3) is 0 Å². The quantitative estimate of drug-likeness (QED) is 0.850. The topological polar surface area (TPSA) is 38.7 Å². The molecule has 18 heavy (non-hydrogen) atoms. The lowest BCUT2D eigenvalue weighted by molar-refractivity contribution is -0.114. The molecule has 1 N–H and O–H groups in total. The van der Waals surface area contributed by atoms with E-state index in [-0.39, 0.29) is 11.3 Å². The van der Waals surface area contributed by atoms with Gasteiger partial charge in [-0.3, -0.25) is 0 Å². The Balaban J connectivity index is 3.13. The molecule has 1 aromatic rings. The molecule has 4 heteroatoms. The maximum atomic E-state index is 14.1. The molecule has 0 amide bonds. The Morgan fingerprint density at radius 1 is 1.39 bits per heavy atom. The third-order valence-electron chi connectivity index (χ3n) is 3.26. The summed E-state index contributed by atoms with van der Waals surface area (Å²) >= 11 is 0. The molecule has 0 radical (unpaired) electrons. The van der Waals surface area contributed by atoms with E-state index in [2.05, 4.69) is 0 Å². The molecule has 3 nitrogen and oxygen atoms in total. The molecule has 1 rings (SSSR count). The van der Waals surface area contributed by atoms with E-state index in [4.69, 9.17) is 9.47 Å². The van der Waals surface area contributed by atoms with Gasteiger partial charge in [-0.25, -0.2) is 4.39 Å². The maximum absolute atomic E-state index is 14.1. The normalized spacial score (nSPS) is 16.1. The van der Waals surface area contributed by atoms with Crippen molar-refractivity contribution in [2.45, 2.75) is 38.9 Å². The first-order valence-electron chi connectivity index (χ1n) is 6.14. The lowest BCUT2D eigenvalue weighted by Crippen LogP contribution is -2.36. The first-order valence-corrected chi connectivity index (χ1v) is 6.14. The number of benzene rings is 1. The monoisotopic (exact) mass is 256 g/mol. The zero-order valence-electron chi connectivity index (χ0n) is 11.4. The molecule has 0 saturated carbocycles. The molecule has 2 unspecified atom stereocenters. The molecule has 0 saturated heterocycles. The lowest BCUT2D eigenvalue weighted by atomic mass is 9.89. The van der Waals surface area contributed by atoms with Crippen LogP contribution in [-0.2, 0) is 4.74 Å². The van der Waals surface area contributed by atoms with Crippen molar-refractivity contribution in [3.8, 4) is 5.75 Å². The van der Waals surface area contributed by atoms with Crippen LogP contribution in [-0.4, -0.2) is 24.4 Å². The molecular formula is C14H21FO3. The van der Waals surface area contributed by atoms with Gasteiger partial charge in [0.05, 0.1) is 12.7 Å². The Kier molecular flexibility index (Phi) is 5.11. The van der Waals surface area contributed by atoms with Crippen LogP contribution < -0.4 is 4.74 Å². The van der Waals surface area contributed by atoms with E-state index < -0.39 is 17.5 Å². The van der Waals surface area contributed by atoms with E-state index in [1.807, 2.05) is 13.8 Å². The van der Waals surface area contributed by atoms with Crippen molar-refractivity contribution in [2.75, 3.05) is 13.7 Å². The van der Waals surface area contributed by atoms with Gasteiger partial charge >= 0.3 is 0 Å². The molecule has 0 aliphatic heterocycles. The fourth-order valence-electron chi connectivity index (χ4n) is 1.93. The van der Waals surface area contributed by atoms with Crippen molar-refractivity contribution in [3.05, 3.63) is 29.6 Å². The highest BCUT2D eigenvalue weighted by atomic mass is 19.1. The van der Waals surface area contributed by atoms with Gasteiger partial charge in [0.15, 0.2) is 11.6 Å². The number of aliphatic hydroxyl groups excluding tert-OH is 1. The van der Waals surface area contributed by atoms with Gasteiger partial charge in [-0.05, 0) is 26.3 Å². The van der Waals surface area contributed by atoms with Crippen LogP contribution in [0.4, 0.5) is 4.39 Å². The Morgan fingerprint density at radius 3 is 2.56 bits per heavy atom. The van der Waals surface area contributed by atoms with E-state index in [1.165, 1.54) is 13.2 Å². The summed E-state index contributed by atoms with van der Waals surface area (Å²) in [6.45, 7) is 5.99. The summed E-state index contributed by atoms with van der Waals surface area (Å²) in [6.07, 6.45) is -0.448. The molecule has 0 spiro atoms. The van der Waals surface area contributed by atoms with E-state index in [0.29, 0.717) is 13.0 Å². The van der Waals surface area contributed by atoms with E-state index in [0.717, 1.165) is 0 Å². The number of hydrogen-bond acceptors (Lipinski definition) is 3. The molecule has 0 fully saturated rings. The van der Waals surface area contributed by atoms with Crippen molar-refractivity contribution in [1.82, 2.24) is 0 Å². The third-order valence-corrected chi connectivity index (χ3v) is 3.26. The van der Waals surface area contributed by atoms with Gasteiger partial charge < -0.3 is 14.6 Å². The molecule has 2 atom stereocenters. The van der Waals surface area contributed by atoms with Gasteiger partial charge in [-0.2, -0.15) is 0 Å². The van der Waals surface area contributed by atoms with E-state index in [9.17, 15) is 9.50 Å². The van der Waals surface area contributed by atoms with Crippen LogP contribution in [0.15, 0.2) is 18.2 Å². The molecule has 0 aromatic heterocycles. The van der Waals surface area contributed by atoms with Crippen LogP contribution in [0.2, 0.25) is 0 Å². The first kappa shape index (κ1) is 14.9. The average molecular weight is 256 g/mol. The smallest absolute Gasteiger partial charge is 0.170 e. The summed E-state index contributed by atoms with van der Waals surface area (Å²) in [6, 6.07) is 4.73. The van der Waals surface area contributed by atoms with Gasteiger partial charge in [-0.1, -0.05) is 19.1 Å². The second kappa shape index (κ2) is 6.16. The molecule has 102 valence electrons. The predicted molar refractivity (Wildman–Crippen MR) is 68.2 cm³/mol. The summed E-state index contributed by atoms with van der Waals surface area (Å²) in [4.78, 5) is 0. The fourth-order valence-corrected chi connectivity index (χ4v) is 1.93. The SMILES string of the molecule is CCOC(C)(CC)C(O)c1cccc(OC)c1F. The zero-order valence-corrected chi connectivity index (χ0v) is 11.4. The standard InChI is InChI=1S/C14H21FO3/c1-5-14(3,18-6-2)13(16)10-8-7-9-11(17-4)12(10)15/h7-9,13,16H,5-6H2,1-4H3. The molecule has 0 bridgehead atoms. The van der Waals surface area contributed by atoms with Crippen molar-refractivity contribution < 1.29 is 19.0 Å². The second-order valence-corrected chi connectivity index (χ2v) is 4.37. The Bertz CT molecular complexity index is 395. The maximum Gasteiger partial charge on any atom is 0.170 e. The first-order chi connectivity index (χ1) is 8.50. The largest absolute Gasteiger partial charge is 0.494 e.